The first-order chi connectivity index (χ1) is 6.85. The summed E-state index contributed by atoms with van der Waals surface area (Å²) in [5, 5.41) is 8.34. The Morgan fingerprint density at radius 3 is 2.13 bits per heavy atom. The first-order valence-electron chi connectivity index (χ1n) is 5.34. The average molecular weight is 230 g/mol. The van der Waals surface area contributed by atoms with Gasteiger partial charge in [-0.05, 0) is 19.3 Å². The summed E-state index contributed by atoms with van der Waals surface area (Å²) >= 11 is 5.84. The summed E-state index contributed by atoms with van der Waals surface area (Å²) in [6.45, 7) is 10.9. The lowest BCUT2D eigenvalue weighted by Crippen LogP contribution is -2.16. The molecule has 0 bridgehead atoms. The molecule has 15 heavy (non-hydrogen) atoms. The third-order valence-electron chi connectivity index (χ3n) is 2.16. The molecule has 0 atom stereocenters. The van der Waals surface area contributed by atoms with Gasteiger partial charge in [-0.3, -0.25) is 0 Å². The second-order valence-electron chi connectivity index (χ2n) is 5.37. The molecule has 0 N–H and O–H groups in total. The van der Waals surface area contributed by atoms with Gasteiger partial charge in [-0.15, -0.1) is 21.8 Å². The van der Waals surface area contributed by atoms with Crippen LogP contribution in [0.25, 0.3) is 0 Å². The minimum Gasteiger partial charge on any atom is -0.311 e. The van der Waals surface area contributed by atoms with Crippen molar-refractivity contribution in [2.45, 2.75) is 53.0 Å². The van der Waals surface area contributed by atoms with E-state index in [-0.39, 0.29) is 5.41 Å². The highest BCUT2D eigenvalue weighted by Gasteiger charge is 2.19. The number of halogens is 1. The van der Waals surface area contributed by atoms with Gasteiger partial charge in [-0.25, -0.2) is 0 Å². The van der Waals surface area contributed by atoms with Crippen LogP contribution in [0.3, 0.4) is 0 Å². The monoisotopic (exact) mass is 229 g/mol. The number of aromatic nitrogens is 3. The van der Waals surface area contributed by atoms with Crippen molar-refractivity contribution in [3.63, 3.8) is 0 Å². The van der Waals surface area contributed by atoms with Gasteiger partial charge in [-0.1, -0.05) is 20.8 Å². The van der Waals surface area contributed by atoms with E-state index >= 15 is 0 Å². The molecule has 0 fully saturated rings. The Kier molecular flexibility index (Phi) is 3.77. The lowest BCUT2D eigenvalue weighted by Gasteiger charge is -2.20. The SMILES string of the molecule is CC(C)n1c(CCl)nnc1CC(C)(C)C. The molecule has 1 heterocycles. The van der Waals surface area contributed by atoms with Crippen molar-refractivity contribution in [3.8, 4) is 0 Å². The quantitative estimate of drug-likeness (QED) is 0.746. The Morgan fingerprint density at radius 1 is 1.20 bits per heavy atom. The summed E-state index contributed by atoms with van der Waals surface area (Å²) in [5.41, 5.74) is 0.225. The van der Waals surface area contributed by atoms with Gasteiger partial charge >= 0.3 is 0 Å². The Morgan fingerprint density at radius 2 is 1.73 bits per heavy atom. The van der Waals surface area contributed by atoms with Crippen molar-refractivity contribution < 1.29 is 0 Å². The predicted molar refractivity (Wildman–Crippen MR) is 63.1 cm³/mol. The van der Waals surface area contributed by atoms with E-state index in [1.807, 2.05) is 0 Å². The van der Waals surface area contributed by atoms with Crippen molar-refractivity contribution in [2.75, 3.05) is 0 Å². The fraction of sp³-hybridized carbons (Fsp3) is 0.818. The van der Waals surface area contributed by atoms with Crippen molar-refractivity contribution in [1.82, 2.24) is 14.8 Å². The Labute approximate surface area is 96.8 Å². The van der Waals surface area contributed by atoms with E-state index in [0.717, 1.165) is 18.1 Å². The zero-order chi connectivity index (χ0) is 11.6. The van der Waals surface area contributed by atoms with Crippen LogP contribution in [0, 0.1) is 5.41 Å². The number of hydrogen-bond acceptors (Lipinski definition) is 2. The minimum absolute atomic E-state index is 0.225. The highest BCUT2D eigenvalue weighted by atomic mass is 35.5. The normalized spacial score (nSPS) is 12.5. The topological polar surface area (TPSA) is 30.7 Å². The van der Waals surface area contributed by atoms with Gasteiger partial charge in [0.2, 0.25) is 0 Å². The molecule has 4 heteroatoms. The van der Waals surface area contributed by atoms with Gasteiger partial charge < -0.3 is 4.57 Å². The van der Waals surface area contributed by atoms with E-state index in [9.17, 15) is 0 Å². The molecule has 1 aromatic rings. The Bertz CT molecular complexity index is 323. The largest absolute Gasteiger partial charge is 0.311 e. The molecule has 3 nitrogen and oxygen atoms in total. The lowest BCUT2D eigenvalue weighted by molar-refractivity contribution is 0.384. The van der Waals surface area contributed by atoms with E-state index in [4.69, 9.17) is 11.6 Å². The maximum absolute atomic E-state index is 5.84. The molecule has 86 valence electrons. The molecule has 1 aromatic heterocycles. The standard InChI is InChI=1S/C11H20ClN3/c1-8(2)15-9(6-11(3,4)5)13-14-10(15)7-12/h8H,6-7H2,1-5H3. The molecule has 0 aliphatic heterocycles. The van der Waals surface area contributed by atoms with Crippen molar-refractivity contribution >= 4 is 11.6 Å². The van der Waals surface area contributed by atoms with E-state index < -0.39 is 0 Å². The molecular formula is C11H20ClN3. The van der Waals surface area contributed by atoms with Crippen molar-refractivity contribution in [3.05, 3.63) is 11.6 Å². The van der Waals surface area contributed by atoms with Crippen LogP contribution in [0.4, 0.5) is 0 Å². The Hall–Kier alpha value is -0.570. The lowest BCUT2D eigenvalue weighted by atomic mass is 9.92. The summed E-state index contributed by atoms with van der Waals surface area (Å²) in [7, 11) is 0. The van der Waals surface area contributed by atoms with Gasteiger partial charge in [0.15, 0.2) is 0 Å². The van der Waals surface area contributed by atoms with Gasteiger partial charge in [-0.2, -0.15) is 0 Å². The van der Waals surface area contributed by atoms with Crippen LogP contribution >= 0.6 is 11.6 Å². The van der Waals surface area contributed by atoms with Crippen LogP contribution < -0.4 is 0 Å². The van der Waals surface area contributed by atoms with Crippen LogP contribution in [-0.2, 0) is 12.3 Å². The number of rotatable bonds is 3. The van der Waals surface area contributed by atoms with E-state index in [1.165, 1.54) is 0 Å². The van der Waals surface area contributed by atoms with Crippen LogP contribution in [0.1, 0.15) is 52.3 Å². The average Bonchev–Trinajstić information content (AvgIpc) is 2.44. The van der Waals surface area contributed by atoms with Gasteiger partial charge in [0, 0.05) is 12.5 Å². The smallest absolute Gasteiger partial charge is 0.148 e. The maximum atomic E-state index is 5.84. The molecule has 0 spiro atoms. The molecule has 0 amide bonds. The molecule has 0 unspecified atom stereocenters. The fourth-order valence-electron chi connectivity index (χ4n) is 1.64. The fourth-order valence-corrected chi connectivity index (χ4v) is 1.83. The van der Waals surface area contributed by atoms with E-state index in [0.29, 0.717) is 11.9 Å². The second kappa shape index (κ2) is 4.52. The van der Waals surface area contributed by atoms with E-state index in [2.05, 4.69) is 49.4 Å². The summed E-state index contributed by atoms with van der Waals surface area (Å²) in [6, 6.07) is 0.367. The zero-order valence-corrected chi connectivity index (χ0v) is 11.0. The van der Waals surface area contributed by atoms with Gasteiger partial charge in [0.1, 0.15) is 11.6 Å². The van der Waals surface area contributed by atoms with Crippen molar-refractivity contribution in [2.24, 2.45) is 5.41 Å². The van der Waals surface area contributed by atoms with E-state index in [1.54, 1.807) is 0 Å². The second-order valence-corrected chi connectivity index (χ2v) is 5.63. The number of alkyl halides is 1. The molecule has 0 aliphatic carbocycles. The molecule has 0 aromatic carbocycles. The highest BCUT2D eigenvalue weighted by molar-refractivity contribution is 6.16. The molecule has 0 saturated carbocycles. The third-order valence-corrected chi connectivity index (χ3v) is 2.40. The van der Waals surface area contributed by atoms with Crippen LogP contribution in [-0.4, -0.2) is 14.8 Å². The first kappa shape index (κ1) is 12.5. The predicted octanol–water partition coefficient (Wildman–Crippen LogP) is 3.19. The molecule has 0 radical (unpaired) electrons. The Balaban J connectivity index is 3.03. The van der Waals surface area contributed by atoms with Crippen LogP contribution in [0.15, 0.2) is 0 Å². The van der Waals surface area contributed by atoms with Crippen LogP contribution in [0.5, 0.6) is 0 Å². The number of nitrogens with zero attached hydrogens (tertiary/aromatic N) is 3. The number of hydrogen-bond donors (Lipinski definition) is 0. The molecular weight excluding hydrogens is 210 g/mol. The summed E-state index contributed by atoms with van der Waals surface area (Å²) in [6.07, 6.45) is 0.926. The van der Waals surface area contributed by atoms with Crippen LogP contribution in [0.2, 0.25) is 0 Å². The summed E-state index contributed by atoms with van der Waals surface area (Å²) in [5.74, 6) is 2.33. The zero-order valence-electron chi connectivity index (χ0n) is 10.2. The summed E-state index contributed by atoms with van der Waals surface area (Å²) < 4.78 is 2.14. The van der Waals surface area contributed by atoms with Gasteiger partial charge in [0.05, 0.1) is 5.88 Å². The summed E-state index contributed by atoms with van der Waals surface area (Å²) in [4.78, 5) is 0. The minimum atomic E-state index is 0.225. The maximum Gasteiger partial charge on any atom is 0.148 e. The first-order valence-corrected chi connectivity index (χ1v) is 5.87. The molecule has 0 aliphatic rings. The highest BCUT2D eigenvalue weighted by Crippen LogP contribution is 2.22. The molecule has 0 saturated heterocycles. The van der Waals surface area contributed by atoms with Crippen molar-refractivity contribution in [1.29, 1.82) is 0 Å². The third kappa shape index (κ3) is 3.20. The van der Waals surface area contributed by atoms with Gasteiger partial charge in [0.25, 0.3) is 0 Å². The molecule has 1 rings (SSSR count).